The molecule has 0 bridgehead atoms. The van der Waals surface area contributed by atoms with Crippen molar-refractivity contribution in [2.45, 2.75) is 25.9 Å². The van der Waals surface area contributed by atoms with Crippen LogP contribution in [0, 0.1) is 0 Å². The van der Waals surface area contributed by atoms with Gasteiger partial charge in [-0.25, -0.2) is 0 Å². The first-order valence-corrected chi connectivity index (χ1v) is 6.51. The fourth-order valence-electron chi connectivity index (χ4n) is 1.96. The van der Waals surface area contributed by atoms with E-state index in [1.54, 1.807) is 13.1 Å². The van der Waals surface area contributed by atoms with Gasteiger partial charge in [0.15, 0.2) is 0 Å². The third-order valence-corrected chi connectivity index (χ3v) is 3.12. The fraction of sp³-hybridized carbons (Fsp3) is 0.250. The first-order valence-electron chi connectivity index (χ1n) is 6.51. The smallest absolute Gasteiger partial charge is 0.303 e. The Labute approximate surface area is 117 Å². The molecule has 104 valence electrons. The molecular weight excluding hydrogens is 254 g/mol. The third kappa shape index (κ3) is 3.65. The standard InChI is InChI=1S/C16H17NO3/c1-11(18)12-3-2-4-13(9-12)14-5-6-15(17-10-14)7-8-16(19)20/h2-6,9-11,18H,7-8H2,1H3,(H,19,20)/t11-/m1/s1. The number of hydrogen-bond acceptors (Lipinski definition) is 3. The Morgan fingerprint density at radius 1 is 1.25 bits per heavy atom. The fourth-order valence-corrected chi connectivity index (χ4v) is 1.96. The van der Waals surface area contributed by atoms with Gasteiger partial charge in [0.1, 0.15) is 0 Å². The molecule has 0 amide bonds. The summed E-state index contributed by atoms with van der Waals surface area (Å²) in [5.41, 5.74) is 3.56. The zero-order chi connectivity index (χ0) is 14.5. The number of aliphatic carboxylic acids is 1. The number of aryl methyl sites for hydroxylation is 1. The van der Waals surface area contributed by atoms with Crippen molar-refractivity contribution < 1.29 is 15.0 Å². The number of aliphatic hydroxyl groups excluding tert-OH is 1. The van der Waals surface area contributed by atoms with Gasteiger partial charge >= 0.3 is 5.97 Å². The Hall–Kier alpha value is -2.20. The number of carboxylic acids is 1. The van der Waals surface area contributed by atoms with E-state index in [0.717, 1.165) is 22.4 Å². The van der Waals surface area contributed by atoms with Gasteiger partial charge < -0.3 is 10.2 Å². The molecule has 2 N–H and O–H groups in total. The molecule has 4 nitrogen and oxygen atoms in total. The molecule has 2 aromatic rings. The van der Waals surface area contributed by atoms with Crippen LogP contribution in [0.1, 0.15) is 30.7 Å². The Bertz CT molecular complexity index is 591. The highest BCUT2D eigenvalue weighted by molar-refractivity contribution is 5.67. The Balaban J connectivity index is 2.17. The van der Waals surface area contributed by atoms with Crippen LogP contribution >= 0.6 is 0 Å². The van der Waals surface area contributed by atoms with Crippen molar-refractivity contribution in [3.63, 3.8) is 0 Å². The van der Waals surface area contributed by atoms with Crippen LogP contribution in [0.25, 0.3) is 11.1 Å². The van der Waals surface area contributed by atoms with E-state index < -0.39 is 12.1 Å². The second-order valence-corrected chi connectivity index (χ2v) is 4.73. The molecule has 1 heterocycles. The molecule has 2 rings (SSSR count). The van der Waals surface area contributed by atoms with E-state index >= 15 is 0 Å². The molecular formula is C16H17NO3. The van der Waals surface area contributed by atoms with Gasteiger partial charge in [0.2, 0.25) is 0 Å². The van der Waals surface area contributed by atoms with E-state index in [9.17, 15) is 9.90 Å². The first kappa shape index (κ1) is 14.2. The summed E-state index contributed by atoms with van der Waals surface area (Å²) in [6.07, 6.45) is 1.75. The SMILES string of the molecule is C[C@@H](O)c1cccc(-c2ccc(CCC(=O)O)nc2)c1. The summed E-state index contributed by atoms with van der Waals surface area (Å²) in [6, 6.07) is 11.4. The number of rotatable bonds is 5. The van der Waals surface area contributed by atoms with Crippen molar-refractivity contribution in [2.75, 3.05) is 0 Å². The number of pyridine rings is 1. The minimum absolute atomic E-state index is 0.0872. The largest absolute Gasteiger partial charge is 0.481 e. The number of carbonyl (C=O) groups is 1. The highest BCUT2D eigenvalue weighted by Gasteiger charge is 2.05. The maximum atomic E-state index is 10.5. The van der Waals surface area contributed by atoms with Crippen LogP contribution < -0.4 is 0 Å². The van der Waals surface area contributed by atoms with E-state index in [0.29, 0.717) is 6.42 Å². The summed E-state index contributed by atoms with van der Waals surface area (Å²) in [4.78, 5) is 14.8. The number of hydrogen-bond donors (Lipinski definition) is 2. The molecule has 0 radical (unpaired) electrons. The topological polar surface area (TPSA) is 70.4 Å². The average Bonchev–Trinajstić information content (AvgIpc) is 2.46. The van der Waals surface area contributed by atoms with E-state index in [2.05, 4.69) is 4.98 Å². The van der Waals surface area contributed by atoms with E-state index in [1.165, 1.54) is 0 Å². The van der Waals surface area contributed by atoms with E-state index in [-0.39, 0.29) is 6.42 Å². The Morgan fingerprint density at radius 2 is 2.05 bits per heavy atom. The van der Waals surface area contributed by atoms with Crippen molar-refractivity contribution in [3.8, 4) is 11.1 Å². The van der Waals surface area contributed by atoms with Crippen molar-refractivity contribution in [3.05, 3.63) is 53.9 Å². The lowest BCUT2D eigenvalue weighted by molar-refractivity contribution is -0.136. The zero-order valence-electron chi connectivity index (χ0n) is 11.3. The molecule has 0 aliphatic heterocycles. The van der Waals surface area contributed by atoms with E-state index in [4.69, 9.17) is 5.11 Å². The number of carboxylic acid groups (broad SMARTS) is 1. The monoisotopic (exact) mass is 271 g/mol. The minimum atomic E-state index is -0.819. The van der Waals surface area contributed by atoms with Crippen LogP contribution in [0.3, 0.4) is 0 Å². The van der Waals surface area contributed by atoms with Crippen LogP contribution in [-0.2, 0) is 11.2 Å². The summed E-state index contributed by atoms with van der Waals surface area (Å²) in [7, 11) is 0. The summed E-state index contributed by atoms with van der Waals surface area (Å²) in [6.45, 7) is 1.73. The molecule has 0 saturated carbocycles. The molecule has 0 aliphatic rings. The van der Waals surface area contributed by atoms with Gasteiger partial charge in [-0.05, 0) is 30.2 Å². The average molecular weight is 271 g/mol. The van der Waals surface area contributed by atoms with E-state index in [1.807, 2.05) is 36.4 Å². The van der Waals surface area contributed by atoms with Crippen LogP contribution in [0.2, 0.25) is 0 Å². The lowest BCUT2D eigenvalue weighted by Gasteiger charge is -2.08. The quantitative estimate of drug-likeness (QED) is 0.877. The van der Waals surface area contributed by atoms with Gasteiger partial charge in [-0.1, -0.05) is 24.3 Å². The molecule has 1 atom stereocenters. The predicted molar refractivity (Wildman–Crippen MR) is 76.3 cm³/mol. The molecule has 0 spiro atoms. The number of benzene rings is 1. The van der Waals surface area contributed by atoms with Gasteiger partial charge in [-0.15, -0.1) is 0 Å². The van der Waals surface area contributed by atoms with Gasteiger partial charge in [-0.3, -0.25) is 9.78 Å². The van der Waals surface area contributed by atoms with Gasteiger partial charge in [0, 0.05) is 23.9 Å². The van der Waals surface area contributed by atoms with Crippen LogP contribution in [0.4, 0.5) is 0 Å². The predicted octanol–water partition coefficient (Wildman–Crippen LogP) is 2.82. The molecule has 20 heavy (non-hydrogen) atoms. The Morgan fingerprint density at radius 3 is 2.65 bits per heavy atom. The lowest BCUT2D eigenvalue weighted by Crippen LogP contribution is -1.99. The maximum Gasteiger partial charge on any atom is 0.303 e. The molecule has 0 saturated heterocycles. The van der Waals surface area contributed by atoms with Crippen LogP contribution in [0.5, 0.6) is 0 Å². The van der Waals surface area contributed by atoms with Crippen molar-refractivity contribution >= 4 is 5.97 Å². The van der Waals surface area contributed by atoms with Crippen LogP contribution in [-0.4, -0.2) is 21.2 Å². The lowest BCUT2D eigenvalue weighted by atomic mass is 10.0. The molecule has 0 aliphatic carbocycles. The van der Waals surface area contributed by atoms with Gasteiger partial charge in [-0.2, -0.15) is 0 Å². The number of aliphatic hydroxyl groups is 1. The third-order valence-electron chi connectivity index (χ3n) is 3.12. The summed E-state index contributed by atoms with van der Waals surface area (Å²) in [5, 5.41) is 18.2. The normalized spacial score (nSPS) is 12.1. The van der Waals surface area contributed by atoms with Crippen LogP contribution in [0.15, 0.2) is 42.6 Å². The maximum absolute atomic E-state index is 10.5. The highest BCUT2D eigenvalue weighted by Crippen LogP contribution is 2.22. The second-order valence-electron chi connectivity index (χ2n) is 4.73. The van der Waals surface area contributed by atoms with Gasteiger partial charge in [0.25, 0.3) is 0 Å². The molecule has 1 aromatic carbocycles. The zero-order valence-corrected chi connectivity index (χ0v) is 11.3. The molecule has 1 aromatic heterocycles. The summed E-state index contributed by atoms with van der Waals surface area (Å²) >= 11 is 0. The van der Waals surface area contributed by atoms with Crippen molar-refractivity contribution in [1.29, 1.82) is 0 Å². The minimum Gasteiger partial charge on any atom is -0.481 e. The van der Waals surface area contributed by atoms with Crippen molar-refractivity contribution in [1.82, 2.24) is 4.98 Å². The van der Waals surface area contributed by atoms with Crippen molar-refractivity contribution in [2.24, 2.45) is 0 Å². The highest BCUT2D eigenvalue weighted by atomic mass is 16.4. The number of aromatic nitrogens is 1. The number of nitrogens with zero attached hydrogens (tertiary/aromatic N) is 1. The Kier molecular flexibility index (Phi) is 4.48. The first-order chi connectivity index (χ1) is 9.56. The summed E-state index contributed by atoms with van der Waals surface area (Å²) in [5.74, 6) is -0.819. The van der Waals surface area contributed by atoms with Gasteiger partial charge in [0.05, 0.1) is 12.5 Å². The summed E-state index contributed by atoms with van der Waals surface area (Å²) < 4.78 is 0. The second kappa shape index (κ2) is 6.30. The molecule has 0 fully saturated rings. The molecule has 0 unspecified atom stereocenters. The molecule has 4 heteroatoms.